The summed E-state index contributed by atoms with van der Waals surface area (Å²) in [6, 6.07) is 3.37. The van der Waals surface area contributed by atoms with Crippen LogP contribution in [0.5, 0.6) is 0 Å². The quantitative estimate of drug-likeness (QED) is 0.670. The van der Waals surface area contributed by atoms with Crippen molar-refractivity contribution < 1.29 is 14.7 Å². The molecule has 3 heterocycles. The van der Waals surface area contributed by atoms with Gasteiger partial charge in [0.25, 0.3) is 11.8 Å². The van der Waals surface area contributed by atoms with Gasteiger partial charge in [0.2, 0.25) is 0 Å². The zero-order valence-electron chi connectivity index (χ0n) is 10.9. The summed E-state index contributed by atoms with van der Waals surface area (Å²) in [6.45, 7) is 0.0222. The molecule has 2 aromatic rings. The monoisotopic (exact) mass is 298 g/mol. The minimum atomic E-state index is -0.320. The van der Waals surface area contributed by atoms with Crippen LogP contribution in [0, 0.1) is 11.8 Å². The van der Waals surface area contributed by atoms with Crippen LogP contribution in [-0.2, 0) is 6.54 Å². The van der Waals surface area contributed by atoms with Crippen molar-refractivity contribution in [3.63, 3.8) is 0 Å². The van der Waals surface area contributed by atoms with Crippen LogP contribution in [-0.4, -0.2) is 33.4 Å². The normalized spacial score (nSPS) is 13.1. The number of nitrogens with zero attached hydrogens (tertiary/aromatic N) is 2. The third-order valence-electron chi connectivity index (χ3n) is 3.05. The first-order valence-electron chi connectivity index (χ1n) is 6.18. The van der Waals surface area contributed by atoms with Gasteiger partial charge in [-0.25, -0.2) is 0 Å². The molecule has 1 aliphatic heterocycles. The summed E-state index contributed by atoms with van der Waals surface area (Å²) in [7, 11) is 0. The van der Waals surface area contributed by atoms with E-state index in [1.807, 2.05) is 11.4 Å². The average Bonchev–Trinajstić information content (AvgIpc) is 3.05. The maximum atomic E-state index is 12.2. The number of thiophene rings is 1. The van der Waals surface area contributed by atoms with Gasteiger partial charge in [0, 0.05) is 28.2 Å². The molecule has 21 heavy (non-hydrogen) atoms. The number of amides is 2. The summed E-state index contributed by atoms with van der Waals surface area (Å²) in [5, 5.41) is 10.5. The third kappa shape index (κ3) is 2.44. The summed E-state index contributed by atoms with van der Waals surface area (Å²) in [5.74, 6) is 4.73. The van der Waals surface area contributed by atoms with E-state index in [0.717, 1.165) is 10.4 Å². The van der Waals surface area contributed by atoms with Crippen LogP contribution in [0.3, 0.4) is 0 Å². The second kappa shape index (κ2) is 5.48. The molecule has 6 heteroatoms. The van der Waals surface area contributed by atoms with Crippen LogP contribution in [0.25, 0.3) is 0 Å². The number of carbonyl (C=O) groups is 2. The van der Waals surface area contributed by atoms with Gasteiger partial charge in [-0.15, -0.1) is 11.3 Å². The first-order valence-corrected chi connectivity index (χ1v) is 7.06. The SMILES string of the molecule is O=C1c2ccncc2C(=O)N1Cc1cc(C#CCO)cs1. The highest BCUT2D eigenvalue weighted by molar-refractivity contribution is 7.10. The van der Waals surface area contributed by atoms with Crippen molar-refractivity contribution in [1.29, 1.82) is 0 Å². The fourth-order valence-corrected chi connectivity index (χ4v) is 2.91. The number of fused-ring (bicyclic) bond motifs is 1. The molecule has 0 saturated carbocycles. The molecule has 1 N–H and O–H groups in total. The second-order valence-corrected chi connectivity index (χ2v) is 5.38. The molecule has 0 spiro atoms. The minimum absolute atomic E-state index is 0.198. The molecule has 0 aromatic carbocycles. The lowest BCUT2D eigenvalue weighted by molar-refractivity contribution is 0.0644. The van der Waals surface area contributed by atoms with Crippen LogP contribution < -0.4 is 0 Å². The van der Waals surface area contributed by atoms with E-state index < -0.39 is 0 Å². The summed E-state index contributed by atoms with van der Waals surface area (Å²) in [4.78, 5) is 30.4. The number of hydrogen-bond donors (Lipinski definition) is 1. The molecule has 0 atom stereocenters. The smallest absolute Gasteiger partial charge is 0.263 e. The molecular formula is C15H10N2O3S. The Morgan fingerprint density at radius 1 is 1.29 bits per heavy atom. The Hall–Kier alpha value is -2.49. The van der Waals surface area contributed by atoms with Crippen LogP contribution in [0.15, 0.2) is 29.9 Å². The van der Waals surface area contributed by atoms with Gasteiger partial charge in [-0.05, 0) is 12.1 Å². The van der Waals surface area contributed by atoms with Gasteiger partial charge in [0.15, 0.2) is 0 Å². The van der Waals surface area contributed by atoms with Crippen LogP contribution in [0.1, 0.15) is 31.2 Å². The molecule has 104 valence electrons. The predicted molar refractivity (Wildman–Crippen MR) is 76.7 cm³/mol. The molecule has 0 unspecified atom stereocenters. The highest BCUT2D eigenvalue weighted by Crippen LogP contribution is 2.25. The van der Waals surface area contributed by atoms with Crippen molar-refractivity contribution in [2.75, 3.05) is 6.61 Å². The lowest BCUT2D eigenvalue weighted by Gasteiger charge is -2.11. The molecule has 2 aromatic heterocycles. The Morgan fingerprint density at radius 2 is 2.10 bits per heavy atom. The fraction of sp³-hybridized carbons (Fsp3) is 0.133. The minimum Gasteiger partial charge on any atom is -0.384 e. The van der Waals surface area contributed by atoms with Crippen molar-refractivity contribution in [2.45, 2.75) is 6.54 Å². The van der Waals surface area contributed by atoms with E-state index >= 15 is 0 Å². The van der Waals surface area contributed by atoms with E-state index in [2.05, 4.69) is 16.8 Å². The maximum Gasteiger partial charge on any atom is 0.263 e. The largest absolute Gasteiger partial charge is 0.384 e. The van der Waals surface area contributed by atoms with Crippen molar-refractivity contribution in [3.8, 4) is 11.8 Å². The number of carbonyl (C=O) groups excluding carboxylic acids is 2. The number of rotatable bonds is 2. The van der Waals surface area contributed by atoms with Gasteiger partial charge >= 0.3 is 0 Å². The summed E-state index contributed by atoms with van der Waals surface area (Å²) in [6.07, 6.45) is 2.92. The topological polar surface area (TPSA) is 70.5 Å². The number of hydrogen-bond acceptors (Lipinski definition) is 5. The Bertz CT molecular complexity index is 750. The number of aromatic nitrogens is 1. The first-order chi connectivity index (χ1) is 10.2. The molecule has 0 radical (unpaired) electrons. The molecule has 5 nitrogen and oxygen atoms in total. The van der Waals surface area contributed by atoms with Gasteiger partial charge in [-0.3, -0.25) is 19.5 Å². The Morgan fingerprint density at radius 3 is 2.86 bits per heavy atom. The van der Waals surface area contributed by atoms with Gasteiger partial charge in [0.05, 0.1) is 17.7 Å². The highest BCUT2D eigenvalue weighted by Gasteiger charge is 2.35. The van der Waals surface area contributed by atoms with Crippen molar-refractivity contribution in [1.82, 2.24) is 9.88 Å². The van der Waals surface area contributed by atoms with Crippen molar-refractivity contribution >= 4 is 23.2 Å². The van der Waals surface area contributed by atoms with E-state index in [4.69, 9.17) is 5.11 Å². The number of aliphatic hydroxyl groups excluding tert-OH is 1. The van der Waals surface area contributed by atoms with Crippen LogP contribution in [0.4, 0.5) is 0 Å². The van der Waals surface area contributed by atoms with E-state index in [9.17, 15) is 9.59 Å². The van der Waals surface area contributed by atoms with E-state index in [1.54, 1.807) is 6.07 Å². The van der Waals surface area contributed by atoms with Crippen LogP contribution >= 0.6 is 11.3 Å². The molecule has 1 aliphatic rings. The van der Waals surface area contributed by atoms with Gasteiger partial charge in [-0.2, -0.15) is 0 Å². The molecule has 0 saturated heterocycles. The van der Waals surface area contributed by atoms with Gasteiger partial charge in [-0.1, -0.05) is 11.8 Å². The molecule has 0 fully saturated rings. The average molecular weight is 298 g/mol. The first kappa shape index (κ1) is 13.5. The number of aliphatic hydroxyl groups is 1. The van der Waals surface area contributed by atoms with Crippen molar-refractivity contribution in [3.05, 3.63) is 51.5 Å². The molecule has 0 bridgehead atoms. The highest BCUT2D eigenvalue weighted by atomic mass is 32.1. The zero-order chi connectivity index (χ0) is 14.8. The van der Waals surface area contributed by atoms with E-state index in [1.165, 1.54) is 28.6 Å². The summed E-state index contributed by atoms with van der Waals surface area (Å²) in [5.41, 5.74) is 1.51. The molecule has 3 rings (SSSR count). The Balaban J connectivity index is 1.82. The molecule has 2 amide bonds. The Kier molecular flexibility index (Phi) is 3.52. The number of pyridine rings is 1. The van der Waals surface area contributed by atoms with Crippen molar-refractivity contribution in [2.24, 2.45) is 0 Å². The lowest BCUT2D eigenvalue weighted by atomic mass is 10.2. The number of imide groups is 1. The lowest BCUT2D eigenvalue weighted by Crippen LogP contribution is -2.28. The predicted octanol–water partition coefficient (Wildman–Crippen LogP) is 1.28. The van der Waals surface area contributed by atoms with Gasteiger partial charge < -0.3 is 5.11 Å². The van der Waals surface area contributed by atoms with E-state index in [0.29, 0.717) is 11.1 Å². The maximum absolute atomic E-state index is 12.2. The zero-order valence-corrected chi connectivity index (χ0v) is 11.7. The van der Waals surface area contributed by atoms with Gasteiger partial charge in [0.1, 0.15) is 6.61 Å². The van der Waals surface area contributed by atoms with Crippen LogP contribution in [0.2, 0.25) is 0 Å². The Labute approximate surface area is 124 Å². The third-order valence-corrected chi connectivity index (χ3v) is 3.97. The summed E-state index contributed by atoms with van der Waals surface area (Å²) < 4.78 is 0. The fourth-order valence-electron chi connectivity index (χ4n) is 2.10. The molecule has 0 aliphatic carbocycles. The second-order valence-electron chi connectivity index (χ2n) is 4.38. The standard InChI is InChI=1S/C15H10N2O3S/c18-5-1-2-10-6-11(21-9-10)8-17-14(19)12-3-4-16-7-13(12)15(17)20/h3-4,6-7,9,18H,5,8H2. The van der Waals surface area contributed by atoms with E-state index in [-0.39, 0.29) is 25.0 Å². The summed E-state index contributed by atoms with van der Waals surface area (Å²) >= 11 is 1.42. The molecular weight excluding hydrogens is 288 g/mol.